The van der Waals surface area contributed by atoms with Gasteiger partial charge in [-0.25, -0.2) is 0 Å². The van der Waals surface area contributed by atoms with Crippen molar-refractivity contribution in [1.29, 1.82) is 0 Å². The molecule has 1 aliphatic carbocycles. The number of carbonyl (C=O) groups excluding carboxylic acids is 2. The molecule has 1 spiro atoms. The fourth-order valence-corrected chi connectivity index (χ4v) is 11.8. The van der Waals surface area contributed by atoms with Crippen LogP contribution >= 0.6 is 0 Å². The van der Waals surface area contributed by atoms with Crippen molar-refractivity contribution >= 4 is 30.9 Å². The van der Waals surface area contributed by atoms with Gasteiger partial charge in [-0.15, -0.1) is 0 Å². The molecule has 0 radical (unpaired) electrons. The van der Waals surface area contributed by atoms with E-state index in [1.165, 1.54) is 6.92 Å². The number of fused-ring (bicyclic) bond motifs is 5. The lowest BCUT2D eigenvalue weighted by Gasteiger charge is -2.58. The average molecular weight is 631 g/mol. The first-order chi connectivity index (χ1) is 20.0. The number of hydrogen-bond acceptors (Lipinski definition) is 8. The van der Waals surface area contributed by atoms with Gasteiger partial charge in [0.05, 0.1) is 35.0 Å². The quantitative estimate of drug-likeness (QED) is 0.171. The second kappa shape index (κ2) is 9.90. The number of ketones is 1. The first kappa shape index (κ1) is 31.3. The topological polar surface area (TPSA) is 97.4 Å². The number of hydrogen-bond donors (Lipinski definition) is 0. The molecule has 43 heavy (non-hydrogen) atoms. The number of benzene rings is 1. The molecular weight excluding hydrogens is 585 g/mol. The van der Waals surface area contributed by atoms with E-state index in [1.54, 1.807) is 7.11 Å². The summed E-state index contributed by atoms with van der Waals surface area (Å²) in [4.78, 5) is 29.0. The van der Waals surface area contributed by atoms with Gasteiger partial charge in [0.2, 0.25) is 0 Å². The van der Waals surface area contributed by atoms with Gasteiger partial charge >= 0.3 is 5.97 Å². The van der Waals surface area contributed by atoms with Crippen LogP contribution in [-0.4, -0.2) is 72.9 Å². The average Bonchev–Trinajstić information content (AvgIpc) is 3.67. The highest BCUT2D eigenvalue weighted by Gasteiger charge is 2.91. The van der Waals surface area contributed by atoms with Crippen molar-refractivity contribution in [1.82, 2.24) is 0 Å². The Bertz CT molecular complexity index is 1370. The lowest BCUT2D eigenvalue weighted by atomic mass is 9.49. The Labute approximate surface area is 258 Å². The first-order valence-corrected chi connectivity index (χ1v) is 19.5. The van der Waals surface area contributed by atoms with Crippen molar-refractivity contribution < 1.29 is 37.2 Å². The molecule has 10 atom stereocenters. The summed E-state index contributed by atoms with van der Waals surface area (Å²) in [6, 6.07) is 9.36. The van der Waals surface area contributed by atoms with Crippen LogP contribution in [0.3, 0.4) is 0 Å². The molecule has 4 fully saturated rings. The largest absolute Gasteiger partial charge is 0.460 e. The normalized spacial score (nSPS) is 40.6. The molecule has 0 aromatic heterocycles. The molecule has 4 aliphatic heterocycles. The number of methoxy groups -OCH3 is 1. The summed E-state index contributed by atoms with van der Waals surface area (Å²) >= 11 is 0. The molecular formula is C33H46O8SSi. The van der Waals surface area contributed by atoms with Crippen LogP contribution in [0.5, 0.6) is 0 Å². The molecule has 0 amide bonds. The predicted octanol–water partition coefficient (Wildman–Crippen LogP) is 5.04. The van der Waals surface area contributed by atoms with Gasteiger partial charge in [-0.3, -0.25) is 13.8 Å². The van der Waals surface area contributed by atoms with Crippen LogP contribution < -0.4 is 0 Å². The lowest BCUT2D eigenvalue weighted by Crippen LogP contribution is -2.75. The molecule has 2 bridgehead atoms. The van der Waals surface area contributed by atoms with Gasteiger partial charge in [0.1, 0.15) is 16.6 Å². The van der Waals surface area contributed by atoms with Crippen molar-refractivity contribution in [2.75, 3.05) is 20.3 Å². The van der Waals surface area contributed by atoms with Crippen LogP contribution in [0.4, 0.5) is 0 Å². The van der Waals surface area contributed by atoms with Crippen molar-refractivity contribution in [3.8, 4) is 0 Å². The lowest BCUT2D eigenvalue weighted by molar-refractivity contribution is -0.230. The summed E-state index contributed by atoms with van der Waals surface area (Å²) in [5.41, 5.74) is -2.52. The third-order valence-electron chi connectivity index (χ3n) is 11.8. The summed E-state index contributed by atoms with van der Waals surface area (Å²) in [5.74, 6) is -4.19. The number of Topliss-reactive ketones (excluding diaryl/α,β-unsaturated/α-hetero) is 1. The highest BCUT2D eigenvalue weighted by Crippen LogP contribution is 2.75. The minimum Gasteiger partial charge on any atom is -0.460 e. The van der Waals surface area contributed by atoms with E-state index in [0.717, 1.165) is 0 Å². The fourth-order valence-electron chi connectivity index (χ4n) is 8.56. The van der Waals surface area contributed by atoms with E-state index in [1.807, 2.05) is 44.2 Å². The van der Waals surface area contributed by atoms with Gasteiger partial charge in [0.15, 0.2) is 19.5 Å². The zero-order chi connectivity index (χ0) is 31.4. The molecule has 5 aliphatic rings. The second-order valence-electron chi connectivity index (χ2n) is 15.0. The van der Waals surface area contributed by atoms with Crippen LogP contribution in [-0.2, 0) is 43.8 Å². The van der Waals surface area contributed by atoms with Crippen molar-refractivity contribution in [3.05, 3.63) is 42.5 Å². The van der Waals surface area contributed by atoms with E-state index in [-0.39, 0.29) is 22.7 Å². The highest BCUT2D eigenvalue weighted by atomic mass is 32.2. The highest BCUT2D eigenvalue weighted by molar-refractivity contribution is 7.86. The molecule has 1 unspecified atom stereocenters. The van der Waals surface area contributed by atoms with Crippen LogP contribution in [0.2, 0.25) is 18.1 Å². The predicted molar refractivity (Wildman–Crippen MR) is 164 cm³/mol. The number of esters is 1. The van der Waals surface area contributed by atoms with Gasteiger partial charge in [0, 0.05) is 36.4 Å². The maximum absolute atomic E-state index is 15.0. The van der Waals surface area contributed by atoms with E-state index in [9.17, 15) is 13.8 Å². The molecule has 0 saturated carbocycles. The van der Waals surface area contributed by atoms with Gasteiger partial charge in [-0.1, -0.05) is 51.1 Å². The Morgan fingerprint density at radius 3 is 2.40 bits per heavy atom. The summed E-state index contributed by atoms with van der Waals surface area (Å²) in [6.07, 6.45) is 3.11. The smallest absolute Gasteiger partial charge is 0.323 e. The van der Waals surface area contributed by atoms with E-state index >= 15 is 0 Å². The van der Waals surface area contributed by atoms with Gasteiger partial charge < -0.3 is 23.4 Å². The molecule has 1 aromatic rings. The maximum Gasteiger partial charge on any atom is 0.323 e. The standard InChI is InChI=1S/C33H46O8SSi/c1-20(34)32-25(23-16-15-21(24(23)40-28(32)35)19-39-43(8,9)29(2,3)4)33-31(17-18-38-33,42(36)22-13-11-10-12-14-22)26(27(32)41-33)30(5,6)37-7/h10-16,21,23-27H,17-19H2,1-9H3/t21-,23-,24+,25-,26+,27+,31-,32-,33+,42?/m1/s1. The molecule has 0 N–H and O–H groups in total. The molecule has 4 saturated heterocycles. The third kappa shape index (κ3) is 3.89. The van der Waals surface area contributed by atoms with Gasteiger partial charge in [0.25, 0.3) is 0 Å². The molecule has 236 valence electrons. The van der Waals surface area contributed by atoms with Crippen LogP contribution in [0.15, 0.2) is 47.4 Å². The SMILES string of the molecule is COC(C)(C)[C@@H]1[C@@H]2O[C@@]3(OCC[C@@]13S(=O)c1ccccc1)[C@@H]1[C@@H]3C=C[C@H](CO[Si](C)(C)C(C)(C)C)[C@@H]3OC(=O)[C@]12C(C)=O. The zero-order valence-corrected chi connectivity index (χ0v) is 28.6. The van der Waals surface area contributed by atoms with Crippen LogP contribution in [0.1, 0.15) is 48.0 Å². The summed E-state index contributed by atoms with van der Waals surface area (Å²) in [6.45, 7) is 17.0. The minimum absolute atomic E-state index is 0.0289. The second-order valence-corrected chi connectivity index (χ2v) is 21.6. The fraction of sp³-hybridized carbons (Fsp3) is 0.697. The molecule has 8 nitrogen and oxygen atoms in total. The molecule has 4 heterocycles. The minimum atomic E-state index is -2.07. The summed E-state index contributed by atoms with van der Waals surface area (Å²) in [7, 11) is -2.08. The Kier molecular flexibility index (Phi) is 7.21. The number of rotatable bonds is 8. The monoisotopic (exact) mass is 630 g/mol. The van der Waals surface area contributed by atoms with E-state index in [2.05, 4.69) is 46.0 Å². The zero-order valence-electron chi connectivity index (χ0n) is 26.8. The summed E-state index contributed by atoms with van der Waals surface area (Å²) in [5, 5.41) is 0.0289. The Balaban J connectivity index is 1.49. The van der Waals surface area contributed by atoms with E-state index < -0.39 is 70.7 Å². The van der Waals surface area contributed by atoms with Crippen molar-refractivity contribution in [2.45, 2.75) is 99.3 Å². The van der Waals surface area contributed by atoms with E-state index in [4.69, 9.17) is 23.4 Å². The number of ether oxygens (including phenoxy) is 4. The van der Waals surface area contributed by atoms with Gasteiger partial charge in [-0.05, 0) is 57.5 Å². The van der Waals surface area contributed by atoms with E-state index in [0.29, 0.717) is 24.5 Å². The maximum atomic E-state index is 15.0. The Morgan fingerprint density at radius 2 is 1.79 bits per heavy atom. The van der Waals surface area contributed by atoms with Crippen LogP contribution in [0.25, 0.3) is 0 Å². The molecule has 10 heteroatoms. The Morgan fingerprint density at radius 1 is 1.12 bits per heavy atom. The summed E-state index contributed by atoms with van der Waals surface area (Å²) < 4.78 is 46.5. The molecule has 1 aromatic carbocycles. The van der Waals surface area contributed by atoms with Gasteiger partial charge in [-0.2, -0.15) is 0 Å². The molecule has 6 rings (SSSR count). The number of carbonyl (C=O) groups is 2. The van der Waals surface area contributed by atoms with Crippen molar-refractivity contribution in [2.24, 2.45) is 29.1 Å². The Hall–Kier alpha value is -1.69. The first-order valence-electron chi connectivity index (χ1n) is 15.4. The van der Waals surface area contributed by atoms with Crippen molar-refractivity contribution in [3.63, 3.8) is 0 Å². The third-order valence-corrected chi connectivity index (χ3v) is 18.4. The van der Waals surface area contributed by atoms with Crippen LogP contribution in [0, 0.1) is 29.1 Å².